The Morgan fingerprint density at radius 3 is 2.55 bits per heavy atom. The second kappa shape index (κ2) is 7.72. The number of nitrogens with zero attached hydrogens (tertiary/aromatic N) is 2. The summed E-state index contributed by atoms with van der Waals surface area (Å²) in [5, 5.41) is 12.6. The molecule has 0 amide bonds. The Hall–Kier alpha value is -0.960. The van der Waals surface area contributed by atoms with Crippen molar-refractivity contribution in [3.63, 3.8) is 0 Å². The Labute approximate surface area is 128 Å². The fraction of sp³-hybridized carbons (Fsp3) is 0.533. The van der Waals surface area contributed by atoms with E-state index in [0.29, 0.717) is 16.6 Å². The van der Waals surface area contributed by atoms with Crippen molar-refractivity contribution < 1.29 is 4.39 Å². The van der Waals surface area contributed by atoms with E-state index in [1.165, 1.54) is 6.07 Å². The fourth-order valence-corrected chi connectivity index (χ4v) is 2.43. The highest BCUT2D eigenvalue weighted by atomic mass is 79.9. The van der Waals surface area contributed by atoms with Crippen LogP contribution in [0.25, 0.3) is 0 Å². The molecule has 3 nitrogen and oxygen atoms in total. The lowest BCUT2D eigenvalue weighted by atomic mass is 9.93. The number of nitriles is 1. The molecule has 20 heavy (non-hydrogen) atoms. The first-order valence-electron chi connectivity index (χ1n) is 6.81. The Kier molecular flexibility index (Phi) is 6.60. The zero-order chi connectivity index (χ0) is 15.2. The Bertz CT molecular complexity index is 482. The molecule has 1 unspecified atom stereocenters. The smallest absolute Gasteiger partial charge is 0.132 e. The van der Waals surface area contributed by atoms with Crippen LogP contribution >= 0.6 is 15.9 Å². The molecule has 0 spiro atoms. The van der Waals surface area contributed by atoms with Crippen molar-refractivity contribution in [2.24, 2.45) is 0 Å². The number of rotatable bonds is 7. The van der Waals surface area contributed by atoms with Gasteiger partial charge >= 0.3 is 0 Å². The summed E-state index contributed by atoms with van der Waals surface area (Å²) in [6, 6.07) is 6.96. The number of likely N-dealkylation sites (N-methyl/N-ethyl adjacent to an activating group) is 1. The van der Waals surface area contributed by atoms with Gasteiger partial charge in [-0.05, 0) is 32.1 Å². The lowest BCUT2D eigenvalue weighted by molar-refractivity contribution is 0.288. The highest BCUT2D eigenvalue weighted by Crippen LogP contribution is 2.25. The maximum atomic E-state index is 14.0. The van der Waals surface area contributed by atoms with Crippen LogP contribution in [0.1, 0.15) is 26.3 Å². The van der Waals surface area contributed by atoms with E-state index in [0.717, 1.165) is 19.6 Å². The van der Waals surface area contributed by atoms with Gasteiger partial charge in [0.15, 0.2) is 0 Å². The van der Waals surface area contributed by atoms with Gasteiger partial charge in [0, 0.05) is 23.1 Å². The topological polar surface area (TPSA) is 39.1 Å². The predicted octanol–water partition coefficient (Wildman–Crippen LogP) is 3.26. The van der Waals surface area contributed by atoms with Crippen molar-refractivity contribution in [1.82, 2.24) is 10.2 Å². The van der Waals surface area contributed by atoms with Crippen molar-refractivity contribution >= 4 is 15.9 Å². The molecule has 0 heterocycles. The molecule has 0 aliphatic heterocycles. The van der Waals surface area contributed by atoms with Crippen LogP contribution in [0.5, 0.6) is 0 Å². The summed E-state index contributed by atoms with van der Waals surface area (Å²) in [6.45, 7) is 9.32. The molecule has 0 fully saturated rings. The van der Waals surface area contributed by atoms with Gasteiger partial charge in [-0.1, -0.05) is 35.8 Å². The molecule has 0 radical (unpaired) electrons. The van der Waals surface area contributed by atoms with Gasteiger partial charge in [-0.25, -0.2) is 4.39 Å². The molecule has 0 aliphatic rings. The predicted molar refractivity (Wildman–Crippen MR) is 82.9 cm³/mol. The molecule has 1 atom stereocenters. The number of hydrogen-bond donors (Lipinski definition) is 1. The van der Waals surface area contributed by atoms with Crippen LogP contribution < -0.4 is 5.32 Å². The SMILES string of the molecule is CCN(CC)CCNC(C)(C#N)c1ccc(Br)cc1F. The first-order chi connectivity index (χ1) is 9.46. The molecule has 0 bridgehead atoms. The molecule has 5 heteroatoms. The lowest BCUT2D eigenvalue weighted by Crippen LogP contribution is -2.43. The highest BCUT2D eigenvalue weighted by molar-refractivity contribution is 9.10. The Morgan fingerprint density at radius 1 is 1.40 bits per heavy atom. The van der Waals surface area contributed by atoms with E-state index in [4.69, 9.17) is 0 Å². The summed E-state index contributed by atoms with van der Waals surface area (Å²) in [7, 11) is 0. The fourth-order valence-electron chi connectivity index (χ4n) is 2.09. The van der Waals surface area contributed by atoms with Crippen LogP contribution in [0, 0.1) is 17.1 Å². The minimum Gasteiger partial charge on any atom is -0.303 e. The minimum atomic E-state index is -1.02. The van der Waals surface area contributed by atoms with Gasteiger partial charge in [0.2, 0.25) is 0 Å². The summed E-state index contributed by atoms with van der Waals surface area (Å²) >= 11 is 3.23. The normalized spacial score (nSPS) is 14.1. The maximum absolute atomic E-state index is 14.0. The quantitative estimate of drug-likeness (QED) is 0.827. The van der Waals surface area contributed by atoms with Crippen LogP contribution in [-0.2, 0) is 5.54 Å². The molecular formula is C15H21BrFN3. The summed E-state index contributed by atoms with van der Waals surface area (Å²) in [5.74, 6) is -0.376. The third-order valence-electron chi connectivity index (χ3n) is 3.49. The van der Waals surface area contributed by atoms with Crippen LogP contribution in [0.4, 0.5) is 4.39 Å². The van der Waals surface area contributed by atoms with Crippen LogP contribution in [0.2, 0.25) is 0 Å². The third kappa shape index (κ3) is 4.27. The average molecular weight is 342 g/mol. The molecule has 1 rings (SSSR count). The van der Waals surface area contributed by atoms with Gasteiger partial charge in [0.1, 0.15) is 11.4 Å². The third-order valence-corrected chi connectivity index (χ3v) is 3.99. The average Bonchev–Trinajstić information content (AvgIpc) is 2.43. The van der Waals surface area contributed by atoms with Crippen LogP contribution in [0.15, 0.2) is 22.7 Å². The van der Waals surface area contributed by atoms with Crippen molar-refractivity contribution in [1.29, 1.82) is 5.26 Å². The van der Waals surface area contributed by atoms with Gasteiger partial charge in [-0.15, -0.1) is 0 Å². The molecule has 110 valence electrons. The maximum Gasteiger partial charge on any atom is 0.132 e. The second-order valence-corrected chi connectivity index (χ2v) is 5.73. The zero-order valence-corrected chi connectivity index (χ0v) is 13.8. The first-order valence-corrected chi connectivity index (χ1v) is 7.60. The monoisotopic (exact) mass is 341 g/mol. The van der Waals surface area contributed by atoms with Gasteiger partial charge < -0.3 is 4.90 Å². The molecule has 1 N–H and O–H groups in total. The molecule has 0 saturated carbocycles. The van der Waals surface area contributed by atoms with E-state index >= 15 is 0 Å². The van der Waals surface area contributed by atoms with E-state index in [1.807, 2.05) is 0 Å². The minimum absolute atomic E-state index is 0.376. The second-order valence-electron chi connectivity index (χ2n) is 4.81. The molecule has 1 aromatic rings. The Balaban J connectivity index is 2.79. The standard InChI is InChI=1S/C15H21BrFN3/c1-4-20(5-2)9-8-19-15(3,11-18)13-7-6-12(16)10-14(13)17/h6-7,10,19H,4-5,8-9H2,1-3H3. The van der Waals surface area contributed by atoms with Crippen LogP contribution in [0.3, 0.4) is 0 Å². The summed E-state index contributed by atoms with van der Waals surface area (Å²) in [4.78, 5) is 2.25. The number of nitrogens with one attached hydrogen (secondary N) is 1. The Morgan fingerprint density at radius 2 is 2.05 bits per heavy atom. The molecule has 0 saturated heterocycles. The van der Waals surface area contributed by atoms with E-state index in [1.54, 1.807) is 19.1 Å². The van der Waals surface area contributed by atoms with Crippen molar-refractivity contribution in [2.75, 3.05) is 26.2 Å². The van der Waals surface area contributed by atoms with Crippen molar-refractivity contribution in [3.05, 3.63) is 34.1 Å². The van der Waals surface area contributed by atoms with Crippen molar-refractivity contribution in [2.45, 2.75) is 26.3 Å². The van der Waals surface area contributed by atoms with Gasteiger partial charge in [-0.2, -0.15) is 5.26 Å². The number of hydrogen-bond acceptors (Lipinski definition) is 3. The zero-order valence-electron chi connectivity index (χ0n) is 12.2. The summed E-state index contributed by atoms with van der Waals surface area (Å²) in [6.07, 6.45) is 0. The van der Waals surface area contributed by atoms with E-state index in [-0.39, 0.29) is 5.82 Å². The van der Waals surface area contributed by atoms with Gasteiger partial charge in [-0.3, -0.25) is 5.32 Å². The van der Waals surface area contributed by atoms with E-state index in [9.17, 15) is 9.65 Å². The first kappa shape index (κ1) is 17.1. The lowest BCUT2D eigenvalue weighted by Gasteiger charge is -2.26. The number of benzene rings is 1. The highest BCUT2D eigenvalue weighted by Gasteiger charge is 2.28. The molecule has 1 aromatic carbocycles. The summed E-state index contributed by atoms with van der Waals surface area (Å²) < 4.78 is 14.7. The largest absolute Gasteiger partial charge is 0.303 e. The number of halogens is 2. The summed E-state index contributed by atoms with van der Waals surface area (Å²) in [5.41, 5.74) is -0.638. The van der Waals surface area contributed by atoms with E-state index < -0.39 is 5.54 Å². The van der Waals surface area contributed by atoms with Gasteiger partial charge in [0.05, 0.1) is 6.07 Å². The molecule has 0 aromatic heterocycles. The van der Waals surface area contributed by atoms with E-state index in [2.05, 4.69) is 46.1 Å². The molecule has 0 aliphatic carbocycles. The van der Waals surface area contributed by atoms with Gasteiger partial charge in [0.25, 0.3) is 0 Å². The molecular weight excluding hydrogens is 321 g/mol. The van der Waals surface area contributed by atoms with Crippen molar-refractivity contribution in [3.8, 4) is 6.07 Å². The van der Waals surface area contributed by atoms with Crippen LogP contribution in [-0.4, -0.2) is 31.1 Å².